The Labute approximate surface area is 137 Å². The molecule has 112 valence electrons. The van der Waals surface area contributed by atoms with Crippen LogP contribution in [0.15, 0.2) is 47.4 Å². The van der Waals surface area contributed by atoms with E-state index in [1.165, 1.54) is 21.6 Å². The van der Waals surface area contributed by atoms with Crippen molar-refractivity contribution in [1.29, 1.82) is 0 Å². The fourth-order valence-corrected chi connectivity index (χ4v) is 3.55. The van der Waals surface area contributed by atoms with E-state index in [2.05, 4.69) is 50.4 Å². The van der Waals surface area contributed by atoms with E-state index >= 15 is 0 Å². The van der Waals surface area contributed by atoms with Crippen LogP contribution in [0.2, 0.25) is 5.02 Å². The van der Waals surface area contributed by atoms with E-state index < -0.39 is 0 Å². The van der Waals surface area contributed by atoms with Gasteiger partial charge in [-0.25, -0.2) is 0 Å². The molecule has 0 aliphatic carbocycles. The minimum Gasteiger partial charge on any atom is -0.309 e. The zero-order chi connectivity index (χ0) is 15.2. The summed E-state index contributed by atoms with van der Waals surface area (Å²) in [6.07, 6.45) is 0. The summed E-state index contributed by atoms with van der Waals surface area (Å²) in [6, 6.07) is 15.1. The van der Waals surface area contributed by atoms with Crippen molar-refractivity contribution >= 4 is 23.4 Å². The van der Waals surface area contributed by atoms with Crippen molar-refractivity contribution in [3.8, 4) is 0 Å². The Bertz CT molecular complexity index is 598. The van der Waals surface area contributed by atoms with Crippen LogP contribution in [0.5, 0.6) is 0 Å². The second-order valence-corrected chi connectivity index (χ2v) is 6.75. The van der Waals surface area contributed by atoms with Crippen molar-refractivity contribution in [2.24, 2.45) is 0 Å². The summed E-state index contributed by atoms with van der Waals surface area (Å²) in [5, 5.41) is 4.37. The molecule has 0 spiro atoms. The van der Waals surface area contributed by atoms with Crippen LogP contribution in [0.25, 0.3) is 0 Å². The number of nitrogens with one attached hydrogen (secondary N) is 1. The molecule has 2 aromatic carbocycles. The minimum atomic E-state index is 0.360. The van der Waals surface area contributed by atoms with Gasteiger partial charge in [0.15, 0.2) is 0 Å². The Morgan fingerprint density at radius 3 is 2.57 bits per heavy atom. The Kier molecular flexibility index (Phi) is 6.16. The number of halogens is 1. The third-order valence-corrected chi connectivity index (χ3v) is 4.92. The second kappa shape index (κ2) is 7.88. The predicted octanol–water partition coefficient (Wildman–Crippen LogP) is 5.40. The lowest BCUT2D eigenvalue weighted by atomic mass is 10.0. The summed E-state index contributed by atoms with van der Waals surface area (Å²) in [4.78, 5) is 1.22. The Balaban J connectivity index is 2.09. The zero-order valence-electron chi connectivity index (χ0n) is 12.8. The first-order valence-electron chi connectivity index (χ1n) is 7.29. The first kappa shape index (κ1) is 16.4. The molecule has 3 heteroatoms. The summed E-state index contributed by atoms with van der Waals surface area (Å²) in [5.41, 5.74) is 4.05. The van der Waals surface area contributed by atoms with Crippen molar-refractivity contribution in [3.63, 3.8) is 0 Å². The highest BCUT2D eigenvalue weighted by Crippen LogP contribution is 2.27. The standard InChI is InChI=1S/C18H22ClNS/c1-4-20-18(15-9-8-13(2)14(3)10-15)12-21-17-7-5-6-16(19)11-17/h5-11,18,20H,4,12H2,1-3H3. The fraction of sp³-hybridized carbons (Fsp3) is 0.333. The van der Waals surface area contributed by atoms with Crippen molar-refractivity contribution < 1.29 is 0 Å². The van der Waals surface area contributed by atoms with Gasteiger partial charge in [0.1, 0.15) is 0 Å². The smallest absolute Gasteiger partial charge is 0.0417 e. The van der Waals surface area contributed by atoms with Crippen LogP contribution < -0.4 is 5.32 Å². The van der Waals surface area contributed by atoms with Crippen LogP contribution >= 0.6 is 23.4 Å². The Morgan fingerprint density at radius 1 is 1.10 bits per heavy atom. The van der Waals surface area contributed by atoms with Gasteiger partial charge in [0.05, 0.1) is 0 Å². The number of benzene rings is 2. The molecule has 0 aromatic heterocycles. The average molecular weight is 320 g/mol. The maximum Gasteiger partial charge on any atom is 0.0417 e. The molecule has 2 aromatic rings. The van der Waals surface area contributed by atoms with Gasteiger partial charge in [0.2, 0.25) is 0 Å². The van der Waals surface area contributed by atoms with Crippen LogP contribution in [0.3, 0.4) is 0 Å². The molecule has 1 N–H and O–H groups in total. The van der Waals surface area contributed by atoms with Gasteiger partial charge in [-0.2, -0.15) is 0 Å². The Hall–Kier alpha value is -0.960. The van der Waals surface area contributed by atoms with E-state index in [4.69, 9.17) is 11.6 Å². The van der Waals surface area contributed by atoms with Crippen LogP contribution in [0, 0.1) is 13.8 Å². The van der Waals surface area contributed by atoms with E-state index in [9.17, 15) is 0 Å². The highest BCUT2D eigenvalue weighted by Gasteiger charge is 2.11. The monoisotopic (exact) mass is 319 g/mol. The highest BCUT2D eigenvalue weighted by molar-refractivity contribution is 7.99. The molecule has 1 nitrogen and oxygen atoms in total. The molecular weight excluding hydrogens is 298 g/mol. The maximum atomic E-state index is 6.05. The molecule has 0 radical (unpaired) electrons. The lowest BCUT2D eigenvalue weighted by molar-refractivity contribution is 0.605. The van der Waals surface area contributed by atoms with E-state index in [-0.39, 0.29) is 0 Å². The van der Waals surface area contributed by atoms with Crippen molar-refractivity contribution in [2.75, 3.05) is 12.3 Å². The molecule has 0 aliphatic heterocycles. The first-order chi connectivity index (χ1) is 10.1. The molecule has 1 unspecified atom stereocenters. The number of aryl methyl sites for hydroxylation is 2. The SMILES string of the molecule is CCNC(CSc1cccc(Cl)c1)c1ccc(C)c(C)c1. The third-order valence-electron chi connectivity index (χ3n) is 3.60. The first-order valence-corrected chi connectivity index (χ1v) is 8.65. The van der Waals surface area contributed by atoms with Crippen LogP contribution in [0.4, 0.5) is 0 Å². The van der Waals surface area contributed by atoms with Crippen molar-refractivity contribution in [3.05, 3.63) is 64.2 Å². The quantitative estimate of drug-likeness (QED) is 0.715. The number of hydrogen-bond donors (Lipinski definition) is 1. The summed E-state index contributed by atoms with van der Waals surface area (Å²) in [5.74, 6) is 0.997. The van der Waals surface area contributed by atoms with Crippen LogP contribution in [-0.4, -0.2) is 12.3 Å². The third kappa shape index (κ3) is 4.77. The van der Waals surface area contributed by atoms with Gasteiger partial charge in [0, 0.05) is 21.7 Å². The molecule has 0 fully saturated rings. The molecule has 0 heterocycles. The molecular formula is C18H22ClNS. The number of rotatable bonds is 6. The topological polar surface area (TPSA) is 12.0 Å². The molecule has 0 aliphatic rings. The van der Waals surface area contributed by atoms with Gasteiger partial charge in [-0.3, -0.25) is 0 Å². The van der Waals surface area contributed by atoms with E-state index in [1.54, 1.807) is 0 Å². The molecule has 0 amide bonds. The van der Waals surface area contributed by atoms with Gasteiger partial charge in [-0.1, -0.05) is 42.8 Å². The normalized spacial score (nSPS) is 12.4. The fourth-order valence-electron chi connectivity index (χ4n) is 2.24. The van der Waals surface area contributed by atoms with Crippen molar-refractivity contribution in [2.45, 2.75) is 31.7 Å². The second-order valence-electron chi connectivity index (χ2n) is 5.22. The summed E-state index contributed by atoms with van der Waals surface area (Å²) in [6.45, 7) is 7.44. The molecule has 1 atom stereocenters. The van der Waals surface area contributed by atoms with Crippen LogP contribution in [0.1, 0.15) is 29.7 Å². The summed E-state index contributed by atoms with van der Waals surface area (Å²) >= 11 is 7.89. The average Bonchev–Trinajstić information content (AvgIpc) is 2.46. The summed E-state index contributed by atoms with van der Waals surface area (Å²) < 4.78 is 0. The molecule has 0 saturated carbocycles. The summed E-state index contributed by atoms with van der Waals surface area (Å²) in [7, 11) is 0. The van der Waals surface area contributed by atoms with Gasteiger partial charge >= 0.3 is 0 Å². The van der Waals surface area contributed by atoms with Gasteiger partial charge in [0.25, 0.3) is 0 Å². The number of hydrogen-bond acceptors (Lipinski definition) is 2. The minimum absolute atomic E-state index is 0.360. The van der Waals surface area contributed by atoms with Crippen molar-refractivity contribution in [1.82, 2.24) is 5.32 Å². The molecule has 21 heavy (non-hydrogen) atoms. The van der Waals surface area contributed by atoms with Gasteiger partial charge in [-0.15, -0.1) is 11.8 Å². The zero-order valence-corrected chi connectivity index (χ0v) is 14.4. The highest BCUT2D eigenvalue weighted by atomic mass is 35.5. The number of thioether (sulfide) groups is 1. The van der Waals surface area contributed by atoms with E-state index in [1.807, 2.05) is 30.0 Å². The maximum absolute atomic E-state index is 6.05. The van der Waals surface area contributed by atoms with Crippen LogP contribution in [-0.2, 0) is 0 Å². The molecule has 2 rings (SSSR count). The van der Waals surface area contributed by atoms with E-state index in [0.29, 0.717) is 6.04 Å². The van der Waals surface area contributed by atoms with E-state index in [0.717, 1.165) is 17.3 Å². The van der Waals surface area contributed by atoms with Gasteiger partial charge in [-0.05, 0) is 55.3 Å². The Morgan fingerprint density at radius 2 is 1.90 bits per heavy atom. The molecule has 0 saturated heterocycles. The largest absolute Gasteiger partial charge is 0.309 e. The predicted molar refractivity (Wildman–Crippen MR) is 94.5 cm³/mol. The van der Waals surface area contributed by atoms with Gasteiger partial charge < -0.3 is 5.32 Å². The lowest BCUT2D eigenvalue weighted by Crippen LogP contribution is -2.23. The lowest BCUT2D eigenvalue weighted by Gasteiger charge is -2.19. The molecule has 0 bridgehead atoms.